The maximum atomic E-state index is 13.7. The Hall–Kier alpha value is -5.03. The number of carboxylic acid groups (broad SMARTS) is 1. The standard InChI is InChI=1S/C40H54N4O10/c1-5-6-9-18-30(35(48)37(50)41-23-32(47)43-34(38(51)52)27-16-12-8-13-17-27)42-36(49)28-19-25(20-29(45)22-28)21-31(46)33(26-14-10-7-11-15-26)44-39(53)54-24-40(2,3)4/h8,12-13,16-17,21,26,28-30,33-34,45H,5,7,10-11,14-15,18-20,22-24H2,1-4H3,(H,41,50)(H,42,49)(H,43,47)(H,44,53)(H,51,52)/b25-21-/t28?,29-,30?,33-,34-/m0/s1. The van der Waals surface area contributed by atoms with Crippen LogP contribution in [0.4, 0.5) is 4.79 Å². The van der Waals surface area contributed by atoms with Crippen molar-refractivity contribution in [2.24, 2.45) is 17.3 Å². The van der Waals surface area contributed by atoms with Crippen molar-refractivity contribution in [2.45, 2.75) is 116 Å². The first-order valence-electron chi connectivity index (χ1n) is 18.6. The molecule has 14 nitrogen and oxygen atoms in total. The molecular weight excluding hydrogens is 696 g/mol. The van der Waals surface area contributed by atoms with Crippen molar-refractivity contribution in [1.82, 2.24) is 21.3 Å². The quantitative estimate of drug-likeness (QED) is 0.0874. The summed E-state index contributed by atoms with van der Waals surface area (Å²) in [6, 6.07) is 4.35. The number of benzene rings is 1. The van der Waals surface area contributed by atoms with Gasteiger partial charge in [0.2, 0.25) is 17.6 Å². The molecule has 1 aromatic carbocycles. The number of ketones is 2. The van der Waals surface area contributed by atoms with Crippen molar-refractivity contribution in [3.8, 4) is 11.8 Å². The fourth-order valence-corrected chi connectivity index (χ4v) is 6.49. The number of ether oxygens (including phenoxy) is 1. The second-order valence-corrected chi connectivity index (χ2v) is 15.1. The number of carboxylic acids is 1. The Morgan fingerprint density at radius 1 is 0.944 bits per heavy atom. The van der Waals surface area contributed by atoms with Crippen molar-refractivity contribution in [2.75, 3.05) is 13.2 Å². The van der Waals surface area contributed by atoms with Crippen LogP contribution in [0.5, 0.6) is 0 Å². The number of hydrogen-bond donors (Lipinski definition) is 6. The van der Waals surface area contributed by atoms with Gasteiger partial charge in [-0.05, 0) is 55.1 Å². The van der Waals surface area contributed by atoms with E-state index in [9.17, 15) is 43.8 Å². The molecule has 2 saturated carbocycles. The van der Waals surface area contributed by atoms with E-state index in [1.54, 1.807) is 25.1 Å². The van der Waals surface area contributed by atoms with E-state index >= 15 is 0 Å². The first kappa shape index (κ1) is 43.4. The van der Waals surface area contributed by atoms with Crippen LogP contribution >= 0.6 is 0 Å². The average Bonchev–Trinajstić information content (AvgIpc) is 3.13. The summed E-state index contributed by atoms with van der Waals surface area (Å²) in [5.74, 6) is -0.783. The van der Waals surface area contributed by atoms with E-state index in [0.29, 0.717) is 17.6 Å². The molecule has 0 bridgehead atoms. The summed E-state index contributed by atoms with van der Waals surface area (Å²) in [5, 5.41) is 30.1. The fourth-order valence-electron chi connectivity index (χ4n) is 6.49. The molecule has 1 aromatic rings. The van der Waals surface area contributed by atoms with Crippen LogP contribution < -0.4 is 21.3 Å². The number of carbonyl (C=O) groups is 7. The molecule has 2 aliphatic rings. The Morgan fingerprint density at radius 2 is 1.63 bits per heavy atom. The van der Waals surface area contributed by atoms with Crippen molar-refractivity contribution < 1.29 is 48.5 Å². The number of rotatable bonds is 15. The fraction of sp³-hybridized carbons (Fsp3) is 0.575. The van der Waals surface area contributed by atoms with Gasteiger partial charge in [-0.3, -0.25) is 24.0 Å². The summed E-state index contributed by atoms with van der Waals surface area (Å²) < 4.78 is 5.39. The molecular formula is C40H54N4O10. The lowest BCUT2D eigenvalue weighted by atomic mass is 9.79. The molecule has 0 radical (unpaired) electrons. The van der Waals surface area contributed by atoms with Gasteiger partial charge in [-0.2, -0.15) is 0 Å². The Morgan fingerprint density at radius 3 is 2.26 bits per heavy atom. The first-order chi connectivity index (χ1) is 25.6. The Kier molecular flexibility index (Phi) is 16.9. The average molecular weight is 751 g/mol. The van der Waals surface area contributed by atoms with Crippen LogP contribution in [-0.2, 0) is 33.5 Å². The maximum Gasteiger partial charge on any atom is 0.407 e. The van der Waals surface area contributed by atoms with Gasteiger partial charge < -0.3 is 36.2 Å². The van der Waals surface area contributed by atoms with E-state index in [2.05, 4.69) is 33.1 Å². The van der Waals surface area contributed by atoms with Crippen LogP contribution in [0.25, 0.3) is 0 Å². The largest absolute Gasteiger partial charge is 0.479 e. The van der Waals surface area contributed by atoms with Gasteiger partial charge in [0.1, 0.15) is 6.04 Å². The summed E-state index contributed by atoms with van der Waals surface area (Å²) in [7, 11) is 0. The normalized spacial score (nSPS) is 19.8. The van der Waals surface area contributed by atoms with Gasteiger partial charge in [0.15, 0.2) is 11.8 Å². The minimum atomic E-state index is -1.39. The van der Waals surface area contributed by atoms with Gasteiger partial charge in [0.05, 0.1) is 25.3 Å². The van der Waals surface area contributed by atoms with Crippen molar-refractivity contribution in [3.63, 3.8) is 0 Å². The smallest absolute Gasteiger partial charge is 0.407 e. The highest BCUT2D eigenvalue weighted by molar-refractivity contribution is 6.38. The van der Waals surface area contributed by atoms with Gasteiger partial charge in [0.25, 0.3) is 5.91 Å². The second-order valence-electron chi connectivity index (χ2n) is 15.1. The van der Waals surface area contributed by atoms with E-state index in [1.165, 1.54) is 18.2 Å². The SMILES string of the molecule is CCC#CCC(NC(=O)C1C/C(=C/C(=O)[C@@H](NC(=O)OCC(C)(C)C)C2CCCCC2)C[C@H](O)C1)C(=O)C(=O)NCC(=O)N[C@H](C(=O)O)c1ccccc1. The molecule has 2 fully saturated rings. The minimum Gasteiger partial charge on any atom is -0.479 e. The molecule has 6 N–H and O–H groups in total. The number of amides is 4. The zero-order valence-electron chi connectivity index (χ0n) is 31.6. The van der Waals surface area contributed by atoms with Crippen LogP contribution in [-0.4, -0.2) is 82.9 Å². The summed E-state index contributed by atoms with van der Waals surface area (Å²) in [4.78, 5) is 90.4. The van der Waals surface area contributed by atoms with E-state index < -0.39 is 72.3 Å². The summed E-state index contributed by atoms with van der Waals surface area (Å²) in [6.45, 7) is 7.03. The highest BCUT2D eigenvalue weighted by Crippen LogP contribution is 2.31. The summed E-state index contributed by atoms with van der Waals surface area (Å²) in [6.07, 6.45) is 4.70. The van der Waals surface area contributed by atoms with Gasteiger partial charge in [-0.25, -0.2) is 9.59 Å². The van der Waals surface area contributed by atoms with Crippen molar-refractivity contribution >= 4 is 41.4 Å². The first-order valence-corrected chi connectivity index (χ1v) is 18.6. The molecule has 4 amide bonds. The highest BCUT2D eigenvalue weighted by atomic mass is 16.5. The van der Waals surface area contributed by atoms with Crippen molar-refractivity contribution in [1.29, 1.82) is 0 Å². The monoisotopic (exact) mass is 750 g/mol. The number of aliphatic hydroxyl groups is 1. The predicted octanol–water partition coefficient (Wildman–Crippen LogP) is 3.28. The molecule has 3 rings (SSSR count). The van der Waals surface area contributed by atoms with Gasteiger partial charge in [-0.1, -0.05) is 82.9 Å². The van der Waals surface area contributed by atoms with Gasteiger partial charge in [-0.15, -0.1) is 11.8 Å². The summed E-state index contributed by atoms with van der Waals surface area (Å²) >= 11 is 0. The summed E-state index contributed by atoms with van der Waals surface area (Å²) in [5.41, 5.74) is 0.558. The minimum absolute atomic E-state index is 0.0425. The van der Waals surface area contributed by atoms with E-state index in [1.807, 2.05) is 20.8 Å². The predicted molar refractivity (Wildman–Crippen MR) is 198 cm³/mol. The molecule has 0 saturated heterocycles. The molecule has 14 heteroatoms. The van der Waals surface area contributed by atoms with Crippen LogP contribution in [0.1, 0.15) is 104 Å². The lowest BCUT2D eigenvalue weighted by Crippen LogP contribution is -2.51. The molecule has 2 unspecified atom stereocenters. The third kappa shape index (κ3) is 14.4. The lowest BCUT2D eigenvalue weighted by Gasteiger charge is -2.31. The number of aliphatic hydroxyl groups excluding tert-OH is 1. The van der Waals surface area contributed by atoms with Gasteiger partial charge >= 0.3 is 12.1 Å². The number of carbonyl (C=O) groups excluding carboxylic acids is 6. The topological polar surface area (TPSA) is 217 Å². The van der Waals surface area contributed by atoms with Crippen LogP contribution in [0.15, 0.2) is 42.0 Å². The van der Waals surface area contributed by atoms with E-state index in [-0.39, 0.29) is 49.4 Å². The zero-order chi connectivity index (χ0) is 39.8. The number of alkyl carbamates (subject to hydrolysis) is 1. The molecule has 5 atom stereocenters. The third-order valence-corrected chi connectivity index (χ3v) is 9.18. The molecule has 0 aliphatic heterocycles. The van der Waals surface area contributed by atoms with Crippen LogP contribution in [0.2, 0.25) is 0 Å². The molecule has 0 spiro atoms. The second kappa shape index (κ2) is 21.0. The molecule has 0 aromatic heterocycles. The van der Waals surface area contributed by atoms with Crippen LogP contribution in [0.3, 0.4) is 0 Å². The van der Waals surface area contributed by atoms with E-state index in [4.69, 9.17) is 4.74 Å². The molecule has 54 heavy (non-hydrogen) atoms. The Balaban J connectivity index is 1.68. The molecule has 2 aliphatic carbocycles. The van der Waals surface area contributed by atoms with Crippen LogP contribution in [0, 0.1) is 29.1 Å². The third-order valence-electron chi connectivity index (χ3n) is 9.18. The van der Waals surface area contributed by atoms with E-state index in [0.717, 1.165) is 32.1 Å². The van der Waals surface area contributed by atoms with Crippen molar-refractivity contribution in [3.05, 3.63) is 47.5 Å². The number of nitrogens with one attached hydrogen (secondary N) is 4. The Bertz CT molecular complexity index is 1600. The number of hydrogen-bond acceptors (Lipinski definition) is 9. The maximum absolute atomic E-state index is 13.7. The number of aliphatic carboxylic acids is 1. The van der Waals surface area contributed by atoms with Gasteiger partial charge in [0, 0.05) is 18.8 Å². The zero-order valence-corrected chi connectivity index (χ0v) is 31.6. The molecule has 0 heterocycles. The highest BCUT2D eigenvalue weighted by Gasteiger charge is 2.35. The Labute approximate surface area is 316 Å². The molecule has 294 valence electrons. The lowest BCUT2D eigenvalue weighted by molar-refractivity contribution is -0.142. The number of Topliss-reactive ketones (excluding diaryl/α,β-unsaturated/α-hetero) is 1.